The fourth-order valence-electron chi connectivity index (χ4n) is 4.89. The van der Waals surface area contributed by atoms with E-state index < -0.39 is 12.3 Å². The molecule has 8 nitrogen and oxygen atoms in total. The van der Waals surface area contributed by atoms with Crippen LogP contribution in [0.4, 0.5) is 5.69 Å². The Morgan fingerprint density at radius 1 is 0.975 bits per heavy atom. The standard InChI is InChI=1S/C32H38N2O6/c1-22(24-8-4-3-5-9-24)34(2)20-28-19-29(25-16-14-23(21-35)15-17-25)40-32(39-28)26-10-6-11-27(18-26)33-30(36)12-7-13-31(37)38/h3-6,8-11,14-18,22,28-29,32,35H,7,12-13,19-21H2,1-2H3,(H,33,36)(H,37,38)/t22-,28+,29-,32-/m0/s1. The summed E-state index contributed by atoms with van der Waals surface area (Å²) in [6, 6.07) is 25.7. The van der Waals surface area contributed by atoms with Crippen LogP contribution in [0.1, 0.15) is 73.3 Å². The molecule has 212 valence electrons. The average Bonchev–Trinajstić information content (AvgIpc) is 2.97. The van der Waals surface area contributed by atoms with Crippen molar-refractivity contribution < 1.29 is 29.3 Å². The van der Waals surface area contributed by atoms with E-state index in [2.05, 4.69) is 36.3 Å². The summed E-state index contributed by atoms with van der Waals surface area (Å²) >= 11 is 0. The number of likely N-dealkylation sites (N-methyl/N-ethyl adjacent to an activating group) is 1. The van der Waals surface area contributed by atoms with Gasteiger partial charge in [0.2, 0.25) is 5.91 Å². The van der Waals surface area contributed by atoms with E-state index in [1.165, 1.54) is 5.56 Å². The van der Waals surface area contributed by atoms with Crippen LogP contribution in [0.2, 0.25) is 0 Å². The first-order valence-electron chi connectivity index (χ1n) is 13.7. The third-order valence-corrected chi connectivity index (χ3v) is 7.29. The molecule has 0 aliphatic carbocycles. The molecule has 1 heterocycles. The van der Waals surface area contributed by atoms with E-state index in [0.717, 1.165) is 16.7 Å². The summed E-state index contributed by atoms with van der Waals surface area (Å²) in [4.78, 5) is 25.4. The summed E-state index contributed by atoms with van der Waals surface area (Å²) in [5, 5.41) is 21.1. The van der Waals surface area contributed by atoms with Crippen LogP contribution in [0.5, 0.6) is 0 Å². The molecule has 0 aromatic heterocycles. The number of carbonyl (C=O) groups is 2. The lowest BCUT2D eigenvalue weighted by Crippen LogP contribution is -2.38. The minimum Gasteiger partial charge on any atom is -0.481 e. The molecule has 1 amide bonds. The maximum atomic E-state index is 12.3. The molecule has 4 rings (SSSR count). The lowest BCUT2D eigenvalue weighted by Gasteiger charge is -2.39. The number of carbonyl (C=O) groups excluding carboxylic acids is 1. The molecule has 3 aromatic rings. The number of hydrogen-bond acceptors (Lipinski definition) is 6. The molecule has 4 atom stereocenters. The first-order chi connectivity index (χ1) is 19.3. The van der Waals surface area contributed by atoms with Crippen LogP contribution in [0.3, 0.4) is 0 Å². The smallest absolute Gasteiger partial charge is 0.303 e. The van der Waals surface area contributed by atoms with Crippen LogP contribution in [0.15, 0.2) is 78.9 Å². The fourth-order valence-corrected chi connectivity index (χ4v) is 4.89. The second-order valence-electron chi connectivity index (χ2n) is 10.3. The van der Waals surface area contributed by atoms with E-state index in [4.69, 9.17) is 14.6 Å². The molecule has 3 aromatic carbocycles. The topological polar surface area (TPSA) is 108 Å². The van der Waals surface area contributed by atoms with Gasteiger partial charge in [-0.05, 0) is 49.2 Å². The Balaban J connectivity index is 1.50. The number of carboxylic acid groups (broad SMARTS) is 1. The van der Waals surface area contributed by atoms with E-state index in [0.29, 0.717) is 18.7 Å². The Hall–Kier alpha value is -3.56. The lowest BCUT2D eigenvalue weighted by atomic mass is 9.99. The number of carboxylic acids is 1. The Labute approximate surface area is 235 Å². The van der Waals surface area contributed by atoms with Gasteiger partial charge in [-0.25, -0.2) is 0 Å². The van der Waals surface area contributed by atoms with Gasteiger partial charge in [0, 0.05) is 43.1 Å². The highest BCUT2D eigenvalue weighted by Crippen LogP contribution is 2.39. The zero-order valence-electron chi connectivity index (χ0n) is 23.0. The molecule has 1 aliphatic rings. The molecule has 1 aliphatic heterocycles. The summed E-state index contributed by atoms with van der Waals surface area (Å²) in [6.07, 6.45) is 0.0522. The van der Waals surface area contributed by atoms with Gasteiger partial charge in [-0.15, -0.1) is 0 Å². The van der Waals surface area contributed by atoms with Crippen molar-refractivity contribution in [1.29, 1.82) is 0 Å². The van der Waals surface area contributed by atoms with Gasteiger partial charge in [-0.3, -0.25) is 14.5 Å². The maximum absolute atomic E-state index is 12.3. The van der Waals surface area contributed by atoms with Crippen molar-refractivity contribution in [3.8, 4) is 0 Å². The van der Waals surface area contributed by atoms with E-state index in [-0.39, 0.29) is 50.0 Å². The third-order valence-electron chi connectivity index (χ3n) is 7.29. The lowest BCUT2D eigenvalue weighted by molar-refractivity contribution is -0.253. The third kappa shape index (κ3) is 8.22. The largest absolute Gasteiger partial charge is 0.481 e. The number of nitrogens with one attached hydrogen (secondary N) is 1. The zero-order valence-corrected chi connectivity index (χ0v) is 23.0. The molecular formula is C32H38N2O6. The Morgan fingerprint density at radius 3 is 2.42 bits per heavy atom. The first kappa shape index (κ1) is 29.4. The normalized spacial score (nSPS) is 19.8. The highest BCUT2D eigenvalue weighted by Gasteiger charge is 2.33. The van der Waals surface area contributed by atoms with Gasteiger partial charge in [0.25, 0.3) is 0 Å². The SMILES string of the molecule is C[C@@H](c1ccccc1)N(C)C[C@H]1C[C@@H](c2ccc(CO)cc2)O[C@@H](c2cccc(NC(=O)CCCC(=O)O)c2)O1. The number of benzene rings is 3. The molecule has 0 spiro atoms. The predicted molar refractivity (Wildman–Crippen MR) is 152 cm³/mol. The number of amides is 1. The predicted octanol–water partition coefficient (Wildman–Crippen LogP) is 5.61. The summed E-state index contributed by atoms with van der Waals surface area (Å²) in [5.74, 6) is -1.15. The van der Waals surface area contributed by atoms with Crippen molar-refractivity contribution >= 4 is 17.6 Å². The molecule has 0 unspecified atom stereocenters. The monoisotopic (exact) mass is 546 g/mol. The number of aliphatic hydroxyl groups is 1. The van der Waals surface area contributed by atoms with E-state index in [9.17, 15) is 14.7 Å². The van der Waals surface area contributed by atoms with E-state index in [1.807, 2.05) is 60.7 Å². The summed E-state index contributed by atoms with van der Waals surface area (Å²) < 4.78 is 13.0. The van der Waals surface area contributed by atoms with Crippen molar-refractivity contribution in [2.45, 2.75) is 63.8 Å². The van der Waals surface area contributed by atoms with Crippen LogP contribution >= 0.6 is 0 Å². The van der Waals surface area contributed by atoms with Crippen LogP contribution in [-0.4, -0.2) is 46.7 Å². The number of aliphatic carboxylic acids is 1. The maximum Gasteiger partial charge on any atom is 0.303 e. The van der Waals surface area contributed by atoms with Gasteiger partial charge < -0.3 is 25.0 Å². The number of rotatable bonds is 12. The fraction of sp³-hybridized carbons (Fsp3) is 0.375. The molecule has 3 N–H and O–H groups in total. The minimum atomic E-state index is -0.916. The Bertz CT molecular complexity index is 1250. The summed E-state index contributed by atoms with van der Waals surface area (Å²) in [6.45, 7) is 2.86. The number of ether oxygens (including phenoxy) is 2. The first-order valence-corrected chi connectivity index (χ1v) is 13.7. The minimum absolute atomic E-state index is 0.0167. The van der Waals surface area contributed by atoms with Gasteiger partial charge in [-0.2, -0.15) is 0 Å². The van der Waals surface area contributed by atoms with Crippen LogP contribution < -0.4 is 5.32 Å². The molecule has 1 fully saturated rings. The molecule has 0 saturated carbocycles. The van der Waals surface area contributed by atoms with Crippen molar-refractivity contribution in [1.82, 2.24) is 4.90 Å². The number of nitrogens with zero attached hydrogens (tertiary/aromatic N) is 1. The number of anilines is 1. The number of hydrogen-bond donors (Lipinski definition) is 3. The van der Waals surface area contributed by atoms with Crippen LogP contribution in [0.25, 0.3) is 0 Å². The molecule has 0 radical (unpaired) electrons. The second-order valence-corrected chi connectivity index (χ2v) is 10.3. The summed E-state index contributed by atoms with van der Waals surface area (Å²) in [5.41, 5.74) is 4.47. The highest BCUT2D eigenvalue weighted by atomic mass is 16.7. The van der Waals surface area contributed by atoms with Gasteiger partial charge >= 0.3 is 5.97 Å². The van der Waals surface area contributed by atoms with E-state index in [1.54, 1.807) is 6.07 Å². The van der Waals surface area contributed by atoms with Crippen molar-refractivity contribution in [2.24, 2.45) is 0 Å². The van der Waals surface area contributed by atoms with Gasteiger partial charge in [-0.1, -0.05) is 66.7 Å². The highest BCUT2D eigenvalue weighted by molar-refractivity contribution is 5.90. The van der Waals surface area contributed by atoms with Crippen molar-refractivity contribution in [3.05, 3.63) is 101 Å². The zero-order chi connectivity index (χ0) is 28.5. The Kier molecular flexibility index (Phi) is 10.4. The van der Waals surface area contributed by atoms with Crippen LogP contribution in [-0.2, 0) is 25.7 Å². The van der Waals surface area contributed by atoms with E-state index >= 15 is 0 Å². The molecular weight excluding hydrogens is 508 g/mol. The Morgan fingerprint density at radius 2 is 1.73 bits per heavy atom. The van der Waals surface area contributed by atoms with Crippen molar-refractivity contribution in [2.75, 3.05) is 18.9 Å². The summed E-state index contributed by atoms with van der Waals surface area (Å²) in [7, 11) is 2.09. The van der Waals surface area contributed by atoms with Crippen molar-refractivity contribution in [3.63, 3.8) is 0 Å². The molecule has 8 heteroatoms. The molecule has 40 heavy (non-hydrogen) atoms. The second kappa shape index (κ2) is 14.2. The van der Waals surface area contributed by atoms with Crippen LogP contribution in [0, 0.1) is 0 Å². The van der Waals surface area contributed by atoms with Gasteiger partial charge in [0.1, 0.15) is 0 Å². The number of aliphatic hydroxyl groups excluding tert-OH is 1. The average molecular weight is 547 g/mol. The molecule has 0 bridgehead atoms. The quantitative estimate of drug-likeness (QED) is 0.271. The molecule has 1 saturated heterocycles. The van der Waals surface area contributed by atoms with Gasteiger partial charge in [0.05, 0.1) is 18.8 Å². The van der Waals surface area contributed by atoms with Gasteiger partial charge in [0.15, 0.2) is 6.29 Å².